The Morgan fingerprint density at radius 2 is 1.86 bits per heavy atom. The van der Waals surface area contributed by atoms with E-state index in [1.807, 2.05) is 30.3 Å². The third-order valence-corrected chi connectivity index (χ3v) is 8.25. The minimum atomic E-state index is -1.00. The maximum absolute atomic E-state index is 12.7. The van der Waals surface area contributed by atoms with Crippen molar-refractivity contribution in [3.63, 3.8) is 0 Å². The van der Waals surface area contributed by atoms with Gasteiger partial charge in [0.1, 0.15) is 28.9 Å². The lowest BCUT2D eigenvalue weighted by molar-refractivity contribution is -0.144. The molecule has 0 radical (unpaired) electrons. The molecular weight excluding hydrogens is 392 g/mol. The van der Waals surface area contributed by atoms with E-state index >= 15 is 0 Å². The van der Waals surface area contributed by atoms with Gasteiger partial charge in [-0.1, -0.05) is 58.0 Å². The highest BCUT2D eigenvalue weighted by Crippen LogP contribution is 2.36. The zero-order valence-electron chi connectivity index (χ0n) is 17.6. The maximum atomic E-state index is 12.7. The molecule has 1 aromatic rings. The van der Waals surface area contributed by atoms with E-state index in [-0.39, 0.29) is 24.2 Å². The van der Waals surface area contributed by atoms with E-state index in [9.17, 15) is 14.4 Å². The Labute approximate surface area is 173 Å². The second kappa shape index (κ2) is 9.77. The molecule has 1 N–H and O–H groups in total. The lowest BCUT2D eigenvalue weighted by atomic mass is 9.99. The summed E-state index contributed by atoms with van der Waals surface area (Å²) in [5, 5.41) is 2.61. The number of carbonyl (C=O) groups is 3. The third kappa shape index (κ3) is 5.96. The number of hydrogen-bond donors (Lipinski definition) is 1. The third-order valence-electron chi connectivity index (χ3n) is 5.50. The van der Waals surface area contributed by atoms with Crippen LogP contribution in [0, 0.1) is 5.92 Å². The smallest absolute Gasteiger partial charge is 0.445 e. The predicted molar refractivity (Wildman–Crippen MR) is 110 cm³/mol. The summed E-state index contributed by atoms with van der Waals surface area (Å²) in [4.78, 5) is 36.3. The monoisotopic (exact) mass is 422 g/mol. The number of nitrogens with zero attached hydrogens (tertiary/aromatic N) is 1. The van der Waals surface area contributed by atoms with Gasteiger partial charge in [0, 0.05) is 0 Å². The fourth-order valence-electron chi connectivity index (χ4n) is 2.87. The second-order valence-electron chi connectivity index (χ2n) is 8.13. The number of hydrogen-bond acceptors (Lipinski definition) is 6. The fraction of sp³-hybridized carbons (Fsp3) is 0.550. The van der Waals surface area contributed by atoms with E-state index in [0.29, 0.717) is 5.92 Å². The van der Waals surface area contributed by atoms with Crippen LogP contribution in [-0.2, 0) is 25.6 Å². The number of methoxy groups -OCH3 is 1. The van der Waals surface area contributed by atoms with Crippen molar-refractivity contribution >= 4 is 27.8 Å². The second-order valence-corrected chi connectivity index (χ2v) is 10.9. The Morgan fingerprint density at radius 3 is 2.45 bits per heavy atom. The number of carbonyl (C=O) groups excluding carboxylic acids is 3. The molecule has 9 heteroatoms. The van der Waals surface area contributed by atoms with E-state index < -0.39 is 34.0 Å². The first-order valence-corrected chi connectivity index (χ1v) is 11.0. The predicted octanol–water partition coefficient (Wildman–Crippen LogP) is 2.21. The first-order chi connectivity index (χ1) is 13.7. The molecule has 1 aliphatic rings. The fourth-order valence-corrected chi connectivity index (χ4v) is 5.02. The quantitative estimate of drug-likeness (QED) is 0.392. The zero-order valence-corrected chi connectivity index (χ0v) is 19.1. The van der Waals surface area contributed by atoms with Crippen molar-refractivity contribution in [1.82, 2.24) is 9.88 Å². The summed E-state index contributed by atoms with van der Waals surface area (Å²) >= 11 is 0. The standard InChI is InChI=1S/C20H30N2O6Si/c1-13(2)20(3,4)29-22-15(12-28-19(25)26-5)16(17(22)23)21-18(24)27-11-14-9-7-6-8-10-14/h6-10,13,15-16H,11-12,29H2,1-5H3,(H,21,24). The first kappa shape index (κ1) is 22.7. The molecule has 8 nitrogen and oxygen atoms in total. The van der Waals surface area contributed by atoms with Crippen molar-refractivity contribution in [3.8, 4) is 0 Å². The van der Waals surface area contributed by atoms with E-state index in [4.69, 9.17) is 9.47 Å². The normalized spacial score (nSPS) is 19.2. The molecule has 0 bridgehead atoms. The van der Waals surface area contributed by atoms with Gasteiger partial charge in [0.05, 0.1) is 13.2 Å². The summed E-state index contributed by atoms with van der Waals surface area (Å²) in [5.41, 5.74) is 0.848. The van der Waals surface area contributed by atoms with E-state index in [0.717, 1.165) is 5.56 Å². The van der Waals surface area contributed by atoms with Crippen LogP contribution in [0.2, 0.25) is 5.04 Å². The molecule has 2 atom stereocenters. The van der Waals surface area contributed by atoms with E-state index in [1.165, 1.54) is 7.11 Å². The Kier molecular flexibility index (Phi) is 7.66. The molecule has 1 saturated heterocycles. The lowest BCUT2D eigenvalue weighted by Crippen LogP contribution is -2.74. The minimum Gasteiger partial charge on any atom is -0.445 e. The average Bonchev–Trinajstić information content (AvgIpc) is 2.70. The van der Waals surface area contributed by atoms with Gasteiger partial charge in [-0.3, -0.25) is 4.79 Å². The van der Waals surface area contributed by atoms with Crippen LogP contribution in [0.4, 0.5) is 9.59 Å². The molecule has 160 valence electrons. The van der Waals surface area contributed by atoms with Crippen LogP contribution in [0.1, 0.15) is 33.3 Å². The number of nitrogens with one attached hydrogen (secondary N) is 1. The first-order valence-electron chi connectivity index (χ1n) is 9.64. The highest BCUT2D eigenvalue weighted by molar-refractivity contribution is 6.42. The van der Waals surface area contributed by atoms with Crippen LogP contribution in [-0.4, -0.2) is 58.2 Å². The summed E-state index contributed by atoms with van der Waals surface area (Å²) in [6, 6.07) is 8.07. The maximum Gasteiger partial charge on any atom is 0.508 e. The van der Waals surface area contributed by atoms with Crippen LogP contribution in [0.3, 0.4) is 0 Å². The summed E-state index contributed by atoms with van der Waals surface area (Å²) in [5.74, 6) is 0.229. The van der Waals surface area contributed by atoms with Gasteiger partial charge in [0.15, 0.2) is 0 Å². The van der Waals surface area contributed by atoms with Crippen molar-refractivity contribution in [3.05, 3.63) is 35.9 Å². The molecule has 2 rings (SSSR count). The van der Waals surface area contributed by atoms with Gasteiger partial charge in [-0.05, 0) is 16.5 Å². The van der Waals surface area contributed by atoms with Crippen LogP contribution in [0.5, 0.6) is 0 Å². The summed E-state index contributed by atoms with van der Waals surface area (Å²) in [7, 11) is 0.219. The van der Waals surface area contributed by atoms with Gasteiger partial charge in [0.25, 0.3) is 0 Å². The Morgan fingerprint density at radius 1 is 1.21 bits per heavy atom. The largest absolute Gasteiger partial charge is 0.508 e. The number of ether oxygens (including phenoxy) is 3. The van der Waals surface area contributed by atoms with Gasteiger partial charge in [-0.15, -0.1) is 0 Å². The molecule has 0 spiro atoms. The van der Waals surface area contributed by atoms with Crippen LogP contribution in [0.15, 0.2) is 30.3 Å². The summed E-state index contributed by atoms with van der Waals surface area (Å²) < 4.78 is 16.6. The van der Waals surface area contributed by atoms with Crippen molar-refractivity contribution in [2.24, 2.45) is 5.92 Å². The molecule has 2 unspecified atom stereocenters. The molecule has 1 fully saturated rings. The van der Waals surface area contributed by atoms with Gasteiger partial charge < -0.3 is 24.1 Å². The van der Waals surface area contributed by atoms with Gasteiger partial charge in [0.2, 0.25) is 5.91 Å². The van der Waals surface area contributed by atoms with Crippen molar-refractivity contribution < 1.29 is 28.6 Å². The Hall–Kier alpha value is -2.55. The molecule has 1 aromatic carbocycles. The average molecular weight is 423 g/mol. The lowest BCUT2D eigenvalue weighted by Gasteiger charge is -2.50. The molecule has 0 aromatic heterocycles. The summed E-state index contributed by atoms with van der Waals surface area (Å²) in [6.45, 7) is 8.56. The Balaban J connectivity index is 1.99. The van der Waals surface area contributed by atoms with Gasteiger partial charge >= 0.3 is 12.2 Å². The van der Waals surface area contributed by atoms with Crippen molar-refractivity contribution in [1.29, 1.82) is 0 Å². The highest BCUT2D eigenvalue weighted by atomic mass is 28.2. The van der Waals surface area contributed by atoms with Gasteiger partial charge in [-0.25, -0.2) is 9.59 Å². The number of benzene rings is 1. The molecule has 29 heavy (non-hydrogen) atoms. The minimum absolute atomic E-state index is 0.00202. The number of β-lactam (4-membered cyclic amide) rings is 1. The van der Waals surface area contributed by atoms with Crippen LogP contribution in [0.25, 0.3) is 0 Å². The van der Waals surface area contributed by atoms with Crippen LogP contribution >= 0.6 is 0 Å². The van der Waals surface area contributed by atoms with Crippen molar-refractivity contribution in [2.45, 2.75) is 51.4 Å². The number of alkyl carbamates (subject to hydrolysis) is 1. The molecule has 1 heterocycles. The zero-order chi connectivity index (χ0) is 21.6. The molecule has 2 amide bonds. The SMILES string of the molecule is COC(=O)OCC1C(NC(=O)OCc2ccccc2)C(=O)N1[SiH2]C(C)(C)C(C)C. The molecular formula is C20H30N2O6Si. The van der Waals surface area contributed by atoms with Crippen LogP contribution < -0.4 is 5.32 Å². The molecule has 1 aliphatic heterocycles. The highest BCUT2D eigenvalue weighted by Gasteiger charge is 2.50. The molecule has 0 aliphatic carbocycles. The van der Waals surface area contributed by atoms with E-state index in [1.54, 1.807) is 4.57 Å². The number of rotatable bonds is 8. The summed E-state index contributed by atoms with van der Waals surface area (Å²) in [6.07, 6.45) is -1.50. The van der Waals surface area contributed by atoms with Crippen molar-refractivity contribution in [2.75, 3.05) is 13.7 Å². The Bertz CT molecular complexity index is 725. The molecule has 0 saturated carbocycles. The number of amides is 2. The topological polar surface area (TPSA) is 94.2 Å². The van der Waals surface area contributed by atoms with Gasteiger partial charge in [-0.2, -0.15) is 0 Å². The van der Waals surface area contributed by atoms with E-state index in [2.05, 4.69) is 37.7 Å².